The Balaban J connectivity index is 1.83. The van der Waals surface area contributed by atoms with Crippen LogP contribution in [0, 0.1) is 5.92 Å². The van der Waals surface area contributed by atoms with Gasteiger partial charge < -0.3 is 4.90 Å². The van der Waals surface area contributed by atoms with Gasteiger partial charge in [-0.15, -0.1) is 0 Å². The molecule has 0 saturated carbocycles. The lowest BCUT2D eigenvalue weighted by Crippen LogP contribution is -2.37. The van der Waals surface area contributed by atoms with E-state index in [1.807, 2.05) is 6.92 Å². The topological polar surface area (TPSA) is 40.6 Å². The summed E-state index contributed by atoms with van der Waals surface area (Å²) in [5.41, 5.74) is 0. The number of imide groups is 1. The van der Waals surface area contributed by atoms with Crippen molar-refractivity contribution in [1.82, 2.24) is 9.80 Å². The van der Waals surface area contributed by atoms with Crippen LogP contribution in [0.2, 0.25) is 0 Å². The van der Waals surface area contributed by atoms with Crippen molar-refractivity contribution in [2.75, 3.05) is 26.2 Å². The van der Waals surface area contributed by atoms with Gasteiger partial charge in [-0.25, -0.2) is 0 Å². The van der Waals surface area contributed by atoms with Crippen LogP contribution in [0.5, 0.6) is 0 Å². The number of amides is 2. The van der Waals surface area contributed by atoms with Crippen molar-refractivity contribution < 1.29 is 9.59 Å². The van der Waals surface area contributed by atoms with E-state index in [0.29, 0.717) is 13.0 Å². The SMILES string of the molecule is CC1CC(=O)N(CCN2CCCC2)C1=O. The van der Waals surface area contributed by atoms with Crippen molar-refractivity contribution in [3.8, 4) is 0 Å². The summed E-state index contributed by atoms with van der Waals surface area (Å²) in [6, 6.07) is 0. The maximum atomic E-state index is 11.6. The fourth-order valence-corrected chi connectivity index (χ4v) is 2.33. The Morgan fingerprint density at radius 3 is 2.40 bits per heavy atom. The predicted molar refractivity (Wildman–Crippen MR) is 56.2 cm³/mol. The zero-order chi connectivity index (χ0) is 10.8. The van der Waals surface area contributed by atoms with Crippen LogP contribution in [0.4, 0.5) is 0 Å². The van der Waals surface area contributed by atoms with E-state index in [4.69, 9.17) is 0 Å². The normalized spacial score (nSPS) is 28.1. The minimum absolute atomic E-state index is 0.00620. The molecule has 2 aliphatic heterocycles. The molecule has 4 heteroatoms. The Kier molecular flexibility index (Phi) is 3.05. The summed E-state index contributed by atoms with van der Waals surface area (Å²) < 4.78 is 0. The molecule has 2 amide bonds. The van der Waals surface area contributed by atoms with Crippen LogP contribution in [0.15, 0.2) is 0 Å². The minimum atomic E-state index is -0.101. The molecule has 2 aliphatic rings. The Morgan fingerprint density at radius 2 is 1.87 bits per heavy atom. The zero-order valence-corrected chi connectivity index (χ0v) is 9.24. The second-order valence-electron chi connectivity index (χ2n) is 4.54. The molecule has 0 aromatic heterocycles. The van der Waals surface area contributed by atoms with Gasteiger partial charge in [0.2, 0.25) is 11.8 Å². The molecule has 2 heterocycles. The largest absolute Gasteiger partial charge is 0.302 e. The fourth-order valence-electron chi connectivity index (χ4n) is 2.33. The summed E-state index contributed by atoms with van der Waals surface area (Å²) in [6.07, 6.45) is 2.90. The molecule has 15 heavy (non-hydrogen) atoms. The number of hydrogen-bond acceptors (Lipinski definition) is 3. The van der Waals surface area contributed by atoms with Gasteiger partial charge in [0.05, 0.1) is 0 Å². The van der Waals surface area contributed by atoms with Gasteiger partial charge in [-0.1, -0.05) is 6.92 Å². The molecule has 2 rings (SSSR count). The van der Waals surface area contributed by atoms with Crippen LogP contribution in [-0.4, -0.2) is 47.8 Å². The standard InChI is InChI=1S/C11H18N2O2/c1-9-8-10(14)13(11(9)15)7-6-12-4-2-3-5-12/h9H,2-8H2,1H3. The van der Waals surface area contributed by atoms with Crippen LogP contribution >= 0.6 is 0 Å². The van der Waals surface area contributed by atoms with Crippen LogP contribution in [0.3, 0.4) is 0 Å². The second kappa shape index (κ2) is 4.31. The maximum Gasteiger partial charge on any atom is 0.232 e. The molecule has 1 atom stereocenters. The molecule has 2 fully saturated rings. The Labute approximate surface area is 90.2 Å². The summed E-state index contributed by atoms with van der Waals surface area (Å²) in [5, 5.41) is 0. The molecule has 0 spiro atoms. The van der Waals surface area contributed by atoms with Gasteiger partial charge in [0, 0.05) is 25.4 Å². The molecule has 4 nitrogen and oxygen atoms in total. The number of hydrogen-bond donors (Lipinski definition) is 0. The van der Waals surface area contributed by atoms with Crippen LogP contribution in [0.1, 0.15) is 26.2 Å². The first kappa shape index (κ1) is 10.6. The molecular formula is C11H18N2O2. The molecule has 2 saturated heterocycles. The Morgan fingerprint density at radius 1 is 1.20 bits per heavy atom. The summed E-state index contributed by atoms with van der Waals surface area (Å²) in [4.78, 5) is 26.9. The Hall–Kier alpha value is -0.900. The highest BCUT2D eigenvalue weighted by atomic mass is 16.2. The average Bonchev–Trinajstić information content (AvgIpc) is 2.76. The van der Waals surface area contributed by atoms with E-state index in [1.54, 1.807) is 0 Å². The highest BCUT2D eigenvalue weighted by Gasteiger charge is 2.35. The van der Waals surface area contributed by atoms with Gasteiger partial charge in [-0.05, 0) is 25.9 Å². The average molecular weight is 210 g/mol. The fraction of sp³-hybridized carbons (Fsp3) is 0.818. The molecule has 0 N–H and O–H groups in total. The van der Waals surface area contributed by atoms with Gasteiger partial charge in [-0.3, -0.25) is 14.5 Å². The van der Waals surface area contributed by atoms with Crippen molar-refractivity contribution in [1.29, 1.82) is 0 Å². The van der Waals surface area contributed by atoms with Gasteiger partial charge in [0.25, 0.3) is 0 Å². The Bertz CT molecular complexity index is 272. The number of rotatable bonds is 3. The summed E-state index contributed by atoms with van der Waals surface area (Å²) in [6.45, 7) is 5.50. The molecule has 1 unspecified atom stereocenters. The molecular weight excluding hydrogens is 192 g/mol. The number of carbonyl (C=O) groups excluding carboxylic acids is 2. The smallest absolute Gasteiger partial charge is 0.232 e. The van der Waals surface area contributed by atoms with Crippen LogP contribution in [-0.2, 0) is 9.59 Å². The van der Waals surface area contributed by atoms with Crippen LogP contribution < -0.4 is 0 Å². The van der Waals surface area contributed by atoms with E-state index < -0.39 is 0 Å². The van der Waals surface area contributed by atoms with Crippen molar-refractivity contribution in [3.05, 3.63) is 0 Å². The van der Waals surface area contributed by atoms with E-state index in [0.717, 1.165) is 19.6 Å². The highest BCUT2D eigenvalue weighted by molar-refractivity contribution is 6.03. The summed E-state index contributed by atoms with van der Waals surface area (Å²) in [5.74, 6) is -0.0815. The highest BCUT2D eigenvalue weighted by Crippen LogP contribution is 2.18. The molecule has 0 bridgehead atoms. The third-order valence-corrected chi connectivity index (χ3v) is 3.31. The molecule has 0 aromatic carbocycles. The lowest BCUT2D eigenvalue weighted by molar-refractivity contribution is -0.139. The van der Waals surface area contributed by atoms with Gasteiger partial charge in [0.1, 0.15) is 0 Å². The first-order chi connectivity index (χ1) is 7.18. The molecule has 0 aromatic rings. The van der Waals surface area contributed by atoms with Gasteiger partial charge in [-0.2, -0.15) is 0 Å². The maximum absolute atomic E-state index is 11.6. The molecule has 84 valence electrons. The van der Waals surface area contributed by atoms with Gasteiger partial charge >= 0.3 is 0 Å². The van der Waals surface area contributed by atoms with E-state index in [9.17, 15) is 9.59 Å². The van der Waals surface area contributed by atoms with E-state index in [-0.39, 0.29) is 17.7 Å². The van der Waals surface area contributed by atoms with Crippen molar-refractivity contribution in [3.63, 3.8) is 0 Å². The minimum Gasteiger partial charge on any atom is -0.302 e. The van der Waals surface area contributed by atoms with Gasteiger partial charge in [0.15, 0.2) is 0 Å². The second-order valence-corrected chi connectivity index (χ2v) is 4.54. The monoisotopic (exact) mass is 210 g/mol. The van der Waals surface area contributed by atoms with Crippen molar-refractivity contribution >= 4 is 11.8 Å². The predicted octanol–water partition coefficient (Wildman–Crippen LogP) is 0.477. The zero-order valence-electron chi connectivity index (χ0n) is 9.24. The van der Waals surface area contributed by atoms with E-state index in [2.05, 4.69) is 4.90 Å². The number of nitrogens with zero attached hydrogens (tertiary/aromatic N) is 2. The van der Waals surface area contributed by atoms with E-state index in [1.165, 1.54) is 17.7 Å². The third-order valence-electron chi connectivity index (χ3n) is 3.31. The summed E-state index contributed by atoms with van der Waals surface area (Å²) >= 11 is 0. The first-order valence-corrected chi connectivity index (χ1v) is 5.75. The lowest BCUT2D eigenvalue weighted by Gasteiger charge is -2.19. The third kappa shape index (κ3) is 2.20. The van der Waals surface area contributed by atoms with Crippen molar-refractivity contribution in [2.24, 2.45) is 5.92 Å². The number of carbonyl (C=O) groups is 2. The molecule has 0 radical (unpaired) electrons. The lowest BCUT2D eigenvalue weighted by atomic mass is 10.1. The number of likely N-dealkylation sites (tertiary alicyclic amines) is 2. The van der Waals surface area contributed by atoms with Crippen molar-refractivity contribution in [2.45, 2.75) is 26.2 Å². The van der Waals surface area contributed by atoms with E-state index >= 15 is 0 Å². The molecule has 0 aliphatic carbocycles. The van der Waals surface area contributed by atoms with Crippen LogP contribution in [0.25, 0.3) is 0 Å². The first-order valence-electron chi connectivity index (χ1n) is 5.75. The summed E-state index contributed by atoms with van der Waals surface area (Å²) in [7, 11) is 0. The quantitative estimate of drug-likeness (QED) is 0.636.